The minimum absolute atomic E-state index is 0.0610. The fourth-order valence-electron chi connectivity index (χ4n) is 4.48. The molecule has 218 valence electrons. The van der Waals surface area contributed by atoms with Gasteiger partial charge in [-0.2, -0.15) is 0 Å². The van der Waals surface area contributed by atoms with Crippen molar-refractivity contribution in [1.29, 1.82) is 0 Å². The fraction of sp³-hybridized carbons (Fsp3) is 0.571. The second-order valence-electron chi connectivity index (χ2n) is 10.9. The summed E-state index contributed by atoms with van der Waals surface area (Å²) in [6.07, 6.45) is 1.85. The number of hydrogen-bond acceptors (Lipinski definition) is 8. The Morgan fingerprint density at radius 3 is 2.40 bits per heavy atom. The molecule has 1 unspecified atom stereocenters. The van der Waals surface area contributed by atoms with E-state index in [2.05, 4.69) is 5.32 Å². The van der Waals surface area contributed by atoms with Crippen molar-refractivity contribution >= 4 is 35.6 Å². The van der Waals surface area contributed by atoms with Crippen LogP contribution < -0.4 is 10.1 Å². The first kappa shape index (κ1) is 30.6. The number of ether oxygens (including phenoxy) is 2. The lowest BCUT2D eigenvalue weighted by Gasteiger charge is -2.27. The monoisotopic (exact) mass is 558 g/mol. The van der Waals surface area contributed by atoms with Gasteiger partial charge in [0.25, 0.3) is 11.8 Å². The molecule has 3 rings (SSSR count). The number of carbonyl (C=O) groups is 6. The molecule has 1 saturated heterocycles. The smallest absolute Gasteiger partial charge is 0.410 e. The molecule has 12 heteroatoms. The topological polar surface area (TPSA) is 143 Å². The molecule has 0 aliphatic carbocycles. The van der Waals surface area contributed by atoms with Gasteiger partial charge in [0.1, 0.15) is 23.9 Å². The number of nitrogens with one attached hydrogen (secondary N) is 1. The molecule has 12 nitrogen and oxygen atoms in total. The van der Waals surface area contributed by atoms with Crippen LogP contribution >= 0.6 is 0 Å². The fourth-order valence-corrected chi connectivity index (χ4v) is 4.48. The third-order valence-electron chi connectivity index (χ3n) is 6.56. The minimum atomic E-state index is -1.01. The van der Waals surface area contributed by atoms with Gasteiger partial charge >= 0.3 is 6.09 Å². The number of benzene rings is 1. The Bertz CT molecular complexity index is 1180. The van der Waals surface area contributed by atoms with Gasteiger partial charge in [-0.25, -0.2) is 4.79 Å². The van der Waals surface area contributed by atoms with E-state index < -0.39 is 41.4 Å². The van der Waals surface area contributed by atoms with Crippen LogP contribution in [0.2, 0.25) is 0 Å². The standard InChI is InChI=1S/C28H38N4O8/c1-6-31(23(34)17-30(5)27(38)40-28(2,3)4)14-8-7-9-15-39-18-10-11-19-20(16-18)26(37)32(25(19)36)21-12-13-22(33)29-24(21)35/h10-11,16,21H,6-9,12-15,17H2,1-5H3,(H,29,33,35). The Kier molecular flexibility index (Phi) is 9.88. The lowest BCUT2D eigenvalue weighted by molar-refractivity contribution is -0.136. The van der Waals surface area contributed by atoms with Gasteiger partial charge in [-0.1, -0.05) is 0 Å². The highest BCUT2D eigenvalue weighted by molar-refractivity contribution is 6.23. The molecular formula is C28H38N4O8. The zero-order valence-corrected chi connectivity index (χ0v) is 23.8. The largest absolute Gasteiger partial charge is 0.494 e. The van der Waals surface area contributed by atoms with Gasteiger partial charge < -0.3 is 19.3 Å². The molecule has 1 aromatic rings. The van der Waals surface area contributed by atoms with E-state index in [0.29, 0.717) is 31.9 Å². The molecule has 40 heavy (non-hydrogen) atoms. The van der Waals surface area contributed by atoms with Crippen LogP contribution in [0.3, 0.4) is 0 Å². The molecule has 2 aliphatic heterocycles. The van der Waals surface area contributed by atoms with Crippen LogP contribution in [0.15, 0.2) is 18.2 Å². The molecular weight excluding hydrogens is 520 g/mol. The Morgan fingerprint density at radius 1 is 1.05 bits per heavy atom. The summed E-state index contributed by atoms with van der Waals surface area (Å²) < 4.78 is 11.1. The van der Waals surface area contributed by atoms with Gasteiger partial charge in [-0.15, -0.1) is 0 Å². The van der Waals surface area contributed by atoms with E-state index in [1.807, 2.05) is 6.92 Å². The van der Waals surface area contributed by atoms with Gasteiger partial charge in [0, 0.05) is 26.6 Å². The maximum Gasteiger partial charge on any atom is 0.410 e. The van der Waals surface area contributed by atoms with Gasteiger partial charge in [-0.05, 0) is 71.6 Å². The van der Waals surface area contributed by atoms with Crippen molar-refractivity contribution in [2.75, 3.05) is 33.3 Å². The summed E-state index contributed by atoms with van der Waals surface area (Å²) in [4.78, 5) is 78.0. The number of piperidine rings is 1. The highest BCUT2D eigenvalue weighted by Gasteiger charge is 2.44. The number of nitrogens with zero attached hydrogens (tertiary/aromatic N) is 3. The highest BCUT2D eigenvalue weighted by atomic mass is 16.6. The van der Waals surface area contributed by atoms with E-state index in [9.17, 15) is 28.8 Å². The lowest BCUT2D eigenvalue weighted by atomic mass is 10.0. The first-order valence-electron chi connectivity index (χ1n) is 13.5. The molecule has 0 spiro atoms. The average molecular weight is 559 g/mol. The minimum Gasteiger partial charge on any atom is -0.494 e. The van der Waals surface area contributed by atoms with Gasteiger partial charge in [0.2, 0.25) is 17.7 Å². The summed E-state index contributed by atoms with van der Waals surface area (Å²) in [5, 5.41) is 2.18. The molecule has 1 fully saturated rings. The number of fused-ring (bicyclic) bond motifs is 1. The van der Waals surface area contributed by atoms with Crippen molar-refractivity contribution in [2.24, 2.45) is 0 Å². The Hall–Kier alpha value is -3.96. The van der Waals surface area contributed by atoms with E-state index >= 15 is 0 Å². The Morgan fingerprint density at radius 2 is 1.75 bits per heavy atom. The van der Waals surface area contributed by atoms with E-state index in [1.165, 1.54) is 24.1 Å². The molecule has 6 amide bonds. The molecule has 0 bridgehead atoms. The zero-order chi connectivity index (χ0) is 29.6. The van der Waals surface area contributed by atoms with Crippen molar-refractivity contribution in [3.05, 3.63) is 29.3 Å². The SMILES string of the molecule is CCN(CCCCCOc1ccc2c(c1)C(=O)N(C1CCC(=O)NC1=O)C2=O)C(=O)CN(C)C(=O)OC(C)(C)C. The van der Waals surface area contributed by atoms with E-state index in [0.717, 1.165) is 17.7 Å². The summed E-state index contributed by atoms with van der Waals surface area (Å²) in [5.41, 5.74) is -0.270. The number of hydrogen-bond donors (Lipinski definition) is 1. The van der Waals surface area contributed by atoms with Gasteiger partial charge in [0.05, 0.1) is 17.7 Å². The van der Waals surface area contributed by atoms with Crippen molar-refractivity contribution in [1.82, 2.24) is 20.0 Å². The van der Waals surface area contributed by atoms with Crippen LogP contribution in [0, 0.1) is 0 Å². The number of unbranched alkanes of at least 4 members (excludes halogenated alkanes) is 2. The van der Waals surface area contributed by atoms with Crippen molar-refractivity contribution < 1.29 is 38.2 Å². The Labute approximate surface area is 233 Å². The first-order valence-corrected chi connectivity index (χ1v) is 13.5. The molecule has 1 atom stereocenters. The second kappa shape index (κ2) is 12.9. The normalized spacial score (nSPS) is 16.9. The number of rotatable bonds is 11. The summed E-state index contributed by atoms with van der Waals surface area (Å²) in [5.74, 6) is -1.94. The summed E-state index contributed by atoms with van der Waals surface area (Å²) in [6, 6.07) is 3.61. The quantitative estimate of drug-likeness (QED) is 0.322. The third kappa shape index (κ3) is 7.57. The summed E-state index contributed by atoms with van der Waals surface area (Å²) in [6.45, 7) is 8.57. The van der Waals surface area contributed by atoms with Crippen LogP contribution in [0.4, 0.5) is 4.79 Å². The molecule has 2 aliphatic rings. The predicted molar refractivity (Wildman–Crippen MR) is 144 cm³/mol. The number of imide groups is 2. The van der Waals surface area contributed by atoms with Crippen LogP contribution in [0.5, 0.6) is 5.75 Å². The van der Waals surface area contributed by atoms with Gasteiger partial charge in [-0.3, -0.25) is 34.2 Å². The van der Waals surface area contributed by atoms with Crippen LogP contribution in [-0.2, 0) is 19.1 Å². The van der Waals surface area contributed by atoms with Gasteiger partial charge in [0.15, 0.2) is 0 Å². The van der Waals surface area contributed by atoms with E-state index in [-0.39, 0.29) is 36.4 Å². The predicted octanol–water partition coefficient (Wildman–Crippen LogP) is 2.35. The maximum absolute atomic E-state index is 12.9. The maximum atomic E-state index is 12.9. The van der Waals surface area contributed by atoms with E-state index in [4.69, 9.17) is 9.47 Å². The van der Waals surface area contributed by atoms with Crippen molar-refractivity contribution in [3.8, 4) is 5.75 Å². The van der Waals surface area contributed by atoms with Crippen LogP contribution in [0.1, 0.15) is 80.5 Å². The lowest BCUT2D eigenvalue weighted by Crippen LogP contribution is -2.54. The van der Waals surface area contributed by atoms with Crippen LogP contribution in [0.25, 0.3) is 0 Å². The highest BCUT2D eigenvalue weighted by Crippen LogP contribution is 2.30. The first-order chi connectivity index (χ1) is 18.8. The molecule has 0 saturated carbocycles. The van der Waals surface area contributed by atoms with Crippen molar-refractivity contribution in [2.45, 2.75) is 71.4 Å². The molecule has 0 radical (unpaired) electrons. The molecule has 1 N–H and O–H groups in total. The van der Waals surface area contributed by atoms with E-state index in [1.54, 1.807) is 31.7 Å². The number of likely N-dealkylation sites (N-methyl/N-ethyl adjacent to an activating group) is 2. The third-order valence-corrected chi connectivity index (χ3v) is 6.56. The zero-order valence-electron chi connectivity index (χ0n) is 23.8. The van der Waals surface area contributed by atoms with Crippen molar-refractivity contribution in [3.63, 3.8) is 0 Å². The molecule has 1 aromatic carbocycles. The average Bonchev–Trinajstić information content (AvgIpc) is 3.11. The Balaban J connectivity index is 1.43. The molecule has 2 heterocycles. The number of carbonyl (C=O) groups excluding carboxylic acids is 6. The summed E-state index contributed by atoms with van der Waals surface area (Å²) >= 11 is 0. The molecule has 0 aromatic heterocycles. The van der Waals surface area contributed by atoms with Crippen LogP contribution in [-0.4, -0.2) is 95.3 Å². The second-order valence-corrected chi connectivity index (χ2v) is 10.9. The number of amides is 6. The summed E-state index contributed by atoms with van der Waals surface area (Å²) in [7, 11) is 1.53.